The smallest absolute Gasteiger partial charge is 0.0547 e. The molecule has 0 amide bonds. The van der Waals surface area contributed by atoms with Crippen molar-refractivity contribution in [3.05, 3.63) is 0 Å². The van der Waals surface area contributed by atoms with E-state index in [0.29, 0.717) is 5.41 Å². The first-order valence-electron chi connectivity index (χ1n) is 9.18. The molecule has 0 aromatic carbocycles. The Kier molecular flexibility index (Phi) is 6.97. The van der Waals surface area contributed by atoms with Crippen molar-refractivity contribution >= 4 is 0 Å². The van der Waals surface area contributed by atoms with Gasteiger partial charge in [-0.05, 0) is 44.7 Å². The van der Waals surface area contributed by atoms with Gasteiger partial charge in [0.2, 0.25) is 0 Å². The first kappa shape index (κ1) is 17.2. The summed E-state index contributed by atoms with van der Waals surface area (Å²) in [5.74, 6) is 0.728. The molecule has 0 spiro atoms. The van der Waals surface area contributed by atoms with Crippen LogP contribution in [-0.4, -0.2) is 50.3 Å². The zero-order chi connectivity index (χ0) is 15.1. The van der Waals surface area contributed by atoms with Gasteiger partial charge in [0.15, 0.2) is 0 Å². The minimum atomic E-state index is 0.354. The second-order valence-electron chi connectivity index (χ2n) is 7.71. The van der Waals surface area contributed by atoms with E-state index in [1.54, 1.807) is 0 Å². The van der Waals surface area contributed by atoms with Gasteiger partial charge in [-0.1, -0.05) is 33.6 Å². The van der Waals surface area contributed by atoms with E-state index in [0.717, 1.165) is 38.3 Å². The molecule has 3 heteroatoms. The van der Waals surface area contributed by atoms with Gasteiger partial charge < -0.3 is 10.1 Å². The second kappa shape index (κ2) is 8.50. The van der Waals surface area contributed by atoms with E-state index in [1.165, 1.54) is 51.6 Å². The van der Waals surface area contributed by atoms with Crippen LogP contribution in [0.15, 0.2) is 0 Å². The van der Waals surface area contributed by atoms with E-state index in [1.807, 2.05) is 0 Å². The fourth-order valence-corrected chi connectivity index (χ4v) is 3.93. The van der Waals surface area contributed by atoms with Crippen molar-refractivity contribution in [2.75, 3.05) is 39.4 Å². The number of nitrogens with one attached hydrogen (secondary N) is 1. The third-order valence-electron chi connectivity index (χ3n) is 5.25. The Morgan fingerprint density at radius 1 is 1.29 bits per heavy atom. The van der Waals surface area contributed by atoms with Crippen LogP contribution in [0.25, 0.3) is 0 Å². The summed E-state index contributed by atoms with van der Waals surface area (Å²) in [5, 5.41) is 3.70. The van der Waals surface area contributed by atoms with Gasteiger partial charge in [0.1, 0.15) is 0 Å². The normalized spacial score (nSPS) is 31.7. The molecule has 3 nitrogen and oxygen atoms in total. The summed E-state index contributed by atoms with van der Waals surface area (Å²) < 4.78 is 5.79. The van der Waals surface area contributed by atoms with E-state index in [9.17, 15) is 0 Å². The molecular formula is C18H36N2O. The number of ether oxygens (including phenoxy) is 1. The van der Waals surface area contributed by atoms with Gasteiger partial charge in [0.25, 0.3) is 0 Å². The molecule has 124 valence electrons. The average molecular weight is 296 g/mol. The highest BCUT2D eigenvalue weighted by Crippen LogP contribution is 2.32. The highest BCUT2D eigenvalue weighted by atomic mass is 16.5. The Balaban J connectivity index is 1.93. The van der Waals surface area contributed by atoms with Crippen LogP contribution in [0.1, 0.15) is 59.3 Å². The predicted octanol–water partition coefficient (Wildman–Crippen LogP) is 3.29. The largest absolute Gasteiger partial charge is 0.381 e. The quantitative estimate of drug-likeness (QED) is 0.780. The lowest BCUT2D eigenvalue weighted by Gasteiger charge is -2.38. The standard InChI is InChI=1S/C18H36N2O/c1-4-17-8-6-5-7-10-20(17)14-18(9-11-21-15-18)13-19-12-16(2)3/h16-17,19H,4-15H2,1-3H3. The third-order valence-corrected chi connectivity index (χ3v) is 5.25. The van der Waals surface area contributed by atoms with Gasteiger partial charge in [-0.3, -0.25) is 4.90 Å². The Hall–Kier alpha value is -0.120. The summed E-state index contributed by atoms with van der Waals surface area (Å²) in [7, 11) is 0. The lowest BCUT2D eigenvalue weighted by Crippen LogP contribution is -2.48. The van der Waals surface area contributed by atoms with Crippen LogP contribution >= 0.6 is 0 Å². The van der Waals surface area contributed by atoms with E-state index < -0.39 is 0 Å². The highest BCUT2D eigenvalue weighted by molar-refractivity contribution is 4.90. The van der Waals surface area contributed by atoms with Crippen LogP contribution in [-0.2, 0) is 4.74 Å². The Morgan fingerprint density at radius 2 is 2.14 bits per heavy atom. The van der Waals surface area contributed by atoms with Crippen molar-refractivity contribution in [1.82, 2.24) is 10.2 Å². The second-order valence-corrected chi connectivity index (χ2v) is 7.71. The average Bonchev–Trinajstić information content (AvgIpc) is 2.78. The van der Waals surface area contributed by atoms with Gasteiger partial charge in [0, 0.05) is 31.2 Å². The van der Waals surface area contributed by atoms with Gasteiger partial charge >= 0.3 is 0 Å². The van der Waals surface area contributed by atoms with Crippen molar-refractivity contribution in [3.8, 4) is 0 Å². The Bertz CT molecular complexity index is 287. The van der Waals surface area contributed by atoms with E-state index in [4.69, 9.17) is 4.74 Å². The minimum Gasteiger partial charge on any atom is -0.381 e. The summed E-state index contributed by atoms with van der Waals surface area (Å²) in [5.41, 5.74) is 0.354. The predicted molar refractivity (Wildman–Crippen MR) is 89.7 cm³/mol. The van der Waals surface area contributed by atoms with Crippen LogP contribution in [0.5, 0.6) is 0 Å². The maximum Gasteiger partial charge on any atom is 0.0547 e. The maximum absolute atomic E-state index is 5.79. The molecule has 2 atom stereocenters. The maximum atomic E-state index is 5.79. The molecule has 0 saturated carbocycles. The molecule has 1 N–H and O–H groups in total. The number of hydrogen-bond acceptors (Lipinski definition) is 3. The van der Waals surface area contributed by atoms with Gasteiger partial charge in [-0.25, -0.2) is 0 Å². The fourth-order valence-electron chi connectivity index (χ4n) is 3.93. The fraction of sp³-hybridized carbons (Fsp3) is 1.00. The topological polar surface area (TPSA) is 24.5 Å². The van der Waals surface area contributed by atoms with Crippen LogP contribution in [0.4, 0.5) is 0 Å². The first-order chi connectivity index (χ1) is 10.2. The molecule has 2 aliphatic rings. The number of rotatable bonds is 7. The molecule has 2 unspecified atom stereocenters. The summed E-state index contributed by atoms with van der Waals surface area (Å²) in [4.78, 5) is 2.79. The van der Waals surface area contributed by atoms with Crippen molar-refractivity contribution in [2.24, 2.45) is 11.3 Å². The molecule has 0 aromatic rings. The zero-order valence-corrected chi connectivity index (χ0v) is 14.5. The molecule has 2 rings (SSSR count). The molecule has 2 aliphatic heterocycles. The zero-order valence-electron chi connectivity index (χ0n) is 14.5. The number of likely N-dealkylation sites (tertiary alicyclic amines) is 1. The van der Waals surface area contributed by atoms with Crippen molar-refractivity contribution in [3.63, 3.8) is 0 Å². The van der Waals surface area contributed by atoms with E-state index >= 15 is 0 Å². The van der Waals surface area contributed by atoms with E-state index in [2.05, 4.69) is 31.0 Å². The molecule has 0 radical (unpaired) electrons. The Morgan fingerprint density at radius 3 is 2.81 bits per heavy atom. The van der Waals surface area contributed by atoms with Crippen LogP contribution in [0.3, 0.4) is 0 Å². The molecule has 2 fully saturated rings. The van der Waals surface area contributed by atoms with Gasteiger partial charge in [-0.2, -0.15) is 0 Å². The minimum absolute atomic E-state index is 0.354. The molecule has 0 aliphatic carbocycles. The molecule has 0 bridgehead atoms. The van der Waals surface area contributed by atoms with Crippen molar-refractivity contribution in [1.29, 1.82) is 0 Å². The molecule has 21 heavy (non-hydrogen) atoms. The number of nitrogens with zero attached hydrogens (tertiary/aromatic N) is 1. The molecular weight excluding hydrogens is 260 g/mol. The monoisotopic (exact) mass is 296 g/mol. The Labute approximate surface area is 131 Å². The lowest BCUT2D eigenvalue weighted by molar-refractivity contribution is 0.0840. The van der Waals surface area contributed by atoms with E-state index in [-0.39, 0.29) is 0 Å². The van der Waals surface area contributed by atoms with Gasteiger partial charge in [-0.15, -0.1) is 0 Å². The number of hydrogen-bond donors (Lipinski definition) is 1. The molecule has 0 aromatic heterocycles. The van der Waals surface area contributed by atoms with Crippen LogP contribution in [0.2, 0.25) is 0 Å². The summed E-state index contributed by atoms with van der Waals surface area (Å²) >= 11 is 0. The van der Waals surface area contributed by atoms with Crippen molar-refractivity contribution in [2.45, 2.75) is 65.3 Å². The summed E-state index contributed by atoms with van der Waals surface area (Å²) in [6.45, 7) is 13.6. The first-order valence-corrected chi connectivity index (χ1v) is 9.18. The molecule has 2 heterocycles. The summed E-state index contributed by atoms with van der Waals surface area (Å²) in [6.07, 6.45) is 8.15. The van der Waals surface area contributed by atoms with Crippen molar-refractivity contribution < 1.29 is 4.74 Å². The van der Waals surface area contributed by atoms with Crippen LogP contribution < -0.4 is 5.32 Å². The third kappa shape index (κ3) is 5.22. The van der Waals surface area contributed by atoms with Gasteiger partial charge in [0.05, 0.1) is 6.61 Å². The SMILES string of the molecule is CCC1CCCCCN1CC1(CNCC(C)C)CCOC1. The lowest BCUT2D eigenvalue weighted by atomic mass is 9.85. The molecule has 2 saturated heterocycles. The summed E-state index contributed by atoms with van der Waals surface area (Å²) in [6, 6.07) is 0.801. The van der Waals surface area contributed by atoms with Crippen LogP contribution in [0, 0.1) is 11.3 Å². The highest BCUT2D eigenvalue weighted by Gasteiger charge is 2.37.